The topological polar surface area (TPSA) is 68.1 Å². The Morgan fingerprint density at radius 1 is 1.00 bits per heavy atom. The second kappa shape index (κ2) is 10.6. The molecule has 0 saturated heterocycles. The molecular formula is C27H27NO4. The summed E-state index contributed by atoms with van der Waals surface area (Å²) in [5.41, 5.74) is 4.44. The molecule has 4 rings (SSSR count). The normalized spacial score (nSPS) is 15.5. The van der Waals surface area contributed by atoms with E-state index in [-0.39, 0.29) is 12.7 Å². The highest BCUT2D eigenvalue weighted by Crippen LogP contribution is 2.38. The number of carboxylic acid groups (broad SMARTS) is 1. The second-order valence-corrected chi connectivity index (χ2v) is 7.93. The number of fused-ring (bicyclic) bond motifs is 1. The lowest BCUT2D eigenvalue weighted by Crippen LogP contribution is -2.15. The summed E-state index contributed by atoms with van der Waals surface area (Å²) in [5, 5.41) is 13.3. The Balaban J connectivity index is 1.45. The van der Waals surface area contributed by atoms with Gasteiger partial charge in [-0.3, -0.25) is 0 Å². The van der Waals surface area contributed by atoms with Crippen LogP contribution in [0.2, 0.25) is 0 Å². The minimum atomic E-state index is -0.967. The Hall–Kier alpha value is -3.60. The van der Waals surface area contributed by atoms with E-state index < -0.39 is 5.97 Å². The van der Waals surface area contributed by atoms with Crippen molar-refractivity contribution in [2.45, 2.75) is 37.7 Å². The summed E-state index contributed by atoms with van der Waals surface area (Å²) in [6.45, 7) is -0.323. The molecular weight excluding hydrogens is 402 g/mol. The van der Waals surface area contributed by atoms with E-state index in [0.717, 1.165) is 42.4 Å². The monoisotopic (exact) mass is 429 g/mol. The van der Waals surface area contributed by atoms with Gasteiger partial charge in [0.05, 0.1) is 0 Å². The van der Waals surface area contributed by atoms with Gasteiger partial charge < -0.3 is 14.7 Å². The number of carboxylic acids is 1. The highest BCUT2D eigenvalue weighted by molar-refractivity contribution is 5.68. The molecule has 3 aromatic carbocycles. The molecule has 164 valence electrons. The average Bonchev–Trinajstić information content (AvgIpc) is 2.84. The van der Waals surface area contributed by atoms with Gasteiger partial charge in [0.2, 0.25) is 0 Å². The maximum atomic E-state index is 10.9. The third kappa shape index (κ3) is 5.35. The van der Waals surface area contributed by atoms with Crippen LogP contribution in [-0.4, -0.2) is 23.9 Å². The number of aliphatic carboxylic acids is 1. The minimum Gasteiger partial charge on any atom is -0.482 e. The SMILES string of the molecule is O=C(O)COc1cccc2c1CCCC2CC=NOC(c1ccccc1)c1ccccc1. The van der Waals surface area contributed by atoms with Crippen LogP contribution in [0.5, 0.6) is 5.75 Å². The van der Waals surface area contributed by atoms with Gasteiger partial charge in [-0.05, 0) is 59.9 Å². The minimum absolute atomic E-state index is 0.261. The highest BCUT2D eigenvalue weighted by Gasteiger charge is 2.23. The van der Waals surface area contributed by atoms with E-state index in [1.165, 1.54) is 5.56 Å². The predicted molar refractivity (Wildman–Crippen MR) is 124 cm³/mol. The van der Waals surface area contributed by atoms with Crippen LogP contribution in [0.25, 0.3) is 0 Å². The molecule has 0 fully saturated rings. The van der Waals surface area contributed by atoms with E-state index in [4.69, 9.17) is 14.7 Å². The maximum absolute atomic E-state index is 10.9. The number of carbonyl (C=O) groups is 1. The van der Waals surface area contributed by atoms with Crippen molar-refractivity contribution in [3.8, 4) is 5.75 Å². The molecule has 1 aliphatic rings. The van der Waals surface area contributed by atoms with E-state index in [2.05, 4.69) is 11.2 Å². The summed E-state index contributed by atoms with van der Waals surface area (Å²) in [4.78, 5) is 16.8. The third-order valence-electron chi connectivity index (χ3n) is 5.77. The van der Waals surface area contributed by atoms with Crippen LogP contribution in [0, 0.1) is 0 Å². The van der Waals surface area contributed by atoms with E-state index in [1.807, 2.05) is 79.0 Å². The number of ether oxygens (including phenoxy) is 1. The van der Waals surface area contributed by atoms with Crippen molar-refractivity contribution in [2.24, 2.45) is 5.16 Å². The van der Waals surface area contributed by atoms with Gasteiger partial charge in [0.25, 0.3) is 0 Å². The first-order valence-electron chi connectivity index (χ1n) is 11.0. The fourth-order valence-electron chi connectivity index (χ4n) is 4.28. The van der Waals surface area contributed by atoms with Crippen molar-refractivity contribution >= 4 is 12.2 Å². The lowest BCUT2D eigenvalue weighted by Gasteiger charge is -2.26. The molecule has 0 spiro atoms. The fraction of sp³-hybridized carbons (Fsp3) is 0.259. The van der Waals surface area contributed by atoms with Gasteiger partial charge in [-0.2, -0.15) is 0 Å². The van der Waals surface area contributed by atoms with Crippen molar-refractivity contribution in [1.82, 2.24) is 0 Å². The summed E-state index contributed by atoms with van der Waals surface area (Å²) < 4.78 is 5.51. The van der Waals surface area contributed by atoms with Gasteiger partial charge in [-0.25, -0.2) is 4.79 Å². The largest absolute Gasteiger partial charge is 0.482 e. The van der Waals surface area contributed by atoms with Crippen LogP contribution >= 0.6 is 0 Å². The predicted octanol–water partition coefficient (Wildman–Crippen LogP) is 5.75. The zero-order valence-electron chi connectivity index (χ0n) is 17.9. The molecule has 0 bridgehead atoms. The van der Waals surface area contributed by atoms with Gasteiger partial charge in [-0.15, -0.1) is 0 Å². The Morgan fingerprint density at radius 3 is 2.34 bits per heavy atom. The Morgan fingerprint density at radius 2 is 1.69 bits per heavy atom. The van der Waals surface area contributed by atoms with Crippen LogP contribution in [0.3, 0.4) is 0 Å². The van der Waals surface area contributed by atoms with Crippen molar-refractivity contribution in [2.75, 3.05) is 6.61 Å². The molecule has 0 amide bonds. The fourth-order valence-corrected chi connectivity index (χ4v) is 4.28. The Kier molecular flexibility index (Phi) is 7.18. The average molecular weight is 430 g/mol. The molecule has 0 saturated carbocycles. The molecule has 0 aliphatic heterocycles. The van der Waals surface area contributed by atoms with E-state index in [1.54, 1.807) is 0 Å². The Bertz CT molecular complexity index is 1010. The molecule has 32 heavy (non-hydrogen) atoms. The van der Waals surface area contributed by atoms with Crippen molar-refractivity contribution in [1.29, 1.82) is 0 Å². The summed E-state index contributed by atoms with van der Waals surface area (Å²) in [6.07, 6.45) is 5.34. The highest BCUT2D eigenvalue weighted by atomic mass is 16.6. The number of benzene rings is 3. The second-order valence-electron chi connectivity index (χ2n) is 7.93. The van der Waals surface area contributed by atoms with Crippen LogP contribution in [-0.2, 0) is 16.1 Å². The van der Waals surface area contributed by atoms with Crippen molar-refractivity contribution in [3.63, 3.8) is 0 Å². The van der Waals surface area contributed by atoms with Crippen molar-refractivity contribution < 1.29 is 19.5 Å². The zero-order chi connectivity index (χ0) is 22.2. The first-order valence-corrected chi connectivity index (χ1v) is 11.0. The zero-order valence-corrected chi connectivity index (χ0v) is 17.9. The van der Waals surface area contributed by atoms with E-state index in [0.29, 0.717) is 11.7 Å². The number of oxime groups is 1. The molecule has 5 heteroatoms. The Labute approximate surface area is 188 Å². The van der Waals surface area contributed by atoms with E-state index >= 15 is 0 Å². The number of hydrogen-bond acceptors (Lipinski definition) is 4. The molecule has 5 nitrogen and oxygen atoms in total. The van der Waals surface area contributed by atoms with Gasteiger partial charge in [0.1, 0.15) is 5.75 Å². The summed E-state index contributed by atoms with van der Waals surface area (Å²) in [7, 11) is 0. The smallest absolute Gasteiger partial charge is 0.341 e. The van der Waals surface area contributed by atoms with Crippen molar-refractivity contribution in [3.05, 3.63) is 101 Å². The molecule has 1 N–H and O–H groups in total. The summed E-state index contributed by atoms with van der Waals surface area (Å²) in [6, 6.07) is 26.1. The van der Waals surface area contributed by atoms with Gasteiger partial charge in [-0.1, -0.05) is 78.0 Å². The molecule has 0 heterocycles. The van der Waals surface area contributed by atoms with Gasteiger partial charge in [0, 0.05) is 6.21 Å². The third-order valence-corrected chi connectivity index (χ3v) is 5.77. The molecule has 0 radical (unpaired) electrons. The van der Waals surface area contributed by atoms with Gasteiger partial charge >= 0.3 is 5.97 Å². The molecule has 1 unspecified atom stereocenters. The van der Waals surface area contributed by atoms with Crippen LogP contribution in [0.15, 0.2) is 84.0 Å². The van der Waals surface area contributed by atoms with Crippen LogP contribution < -0.4 is 4.74 Å². The molecule has 3 aromatic rings. The first-order chi connectivity index (χ1) is 15.7. The summed E-state index contributed by atoms with van der Waals surface area (Å²) >= 11 is 0. The summed E-state index contributed by atoms with van der Waals surface area (Å²) in [5.74, 6) is 0.0213. The molecule has 1 aliphatic carbocycles. The lowest BCUT2D eigenvalue weighted by atomic mass is 9.81. The van der Waals surface area contributed by atoms with Gasteiger partial charge in [0.15, 0.2) is 12.7 Å². The number of nitrogens with zero attached hydrogens (tertiary/aromatic N) is 1. The standard InChI is InChI=1S/C27H27NO4/c29-26(30)19-31-25-16-8-14-23-20(13-7-15-24(23)25)17-18-28-32-27(21-9-3-1-4-10-21)22-11-5-2-6-12-22/h1-6,8-12,14,16,18,20,27H,7,13,15,17,19H2,(H,29,30). The van der Waals surface area contributed by atoms with Crippen LogP contribution in [0.4, 0.5) is 0 Å². The molecule has 1 atom stereocenters. The van der Waals surface area contributed by atoms with E-state index in [9.17, 15) is 4.79 Å². The molecule has 0 aromatic heterocycles. The quantitative estimate of drug-likeness (QED) is 0.347. The first kappa shape index (κ1) is 21.6. The lowest BCUT2D eigenvalue weighted by molar-refractivity contribution is -0.139. The van der Waals surface area contributed by atoms with Crippen LogP contribution in [0.1, 0.15) is 53.5 Å². The number of hydrogen-bond donors (Lipinski definition) is 1. The number of rotatable bonds is 9. The maximum Gasteiger partial charge on any atom is 0.341 e.